The van der Waals surface area contributed by atoms with Crippen LogP contribution in [-0.2, 0) is 4.79 Å². The van der Waals surface area contributed by atoms with Gasteiger partial charge in [-0.05, 0) is 45.2 Å². The summed E-state index contributed by atoms with van der Waals surface area (Å²) in [6.07, 6.45) is 3.67. The number of carbonyl (C=O) groups is 1. The molecular formula is C17H24N2O2. The largest absolute Gasteiger partial charge is 0.480 e. The van der Waals surface area contributed by atoms with E-state index in [9.17, 15) is 9.90 Å². The molecule has 1 saturated carbocycles. The number of aliphatic carboxylic acids is 1. The quantitative estimate of drug-likeness (QED) is 0.904. The van der Waals surface area contributed by atoms with Crippen molar-refractivity contribution in [3.63, 3.8) is 0 Å². The van der Waals surface area contributed by atoms with E-state index in [0.29, 0.717) is 12.1 Å². The molecule has 2 atom stereocenters. The highest BCUT2D eigenvalue weighted by molar-refractivity contribution is 5.74. The van der Waals surface area contributed by atoms with Crippen LogP contribution in [0.1, 0.15) is 31.7 Å². The van der Waals surface area contributed by atoms with Crippen LogP contribution in [0.15, 0.2) is 24.3 Å². The SMILES string of the molecule is Cc1ccc(N(CC(=O)O)C2CC(C)N(C3CC3)C2)cc1. The molecule has 2 unspecified atom stereocenters. The van der Waals surface area contributed by atoms with Gasteiger partial charge in [-0.3, -0.25) is 9.69 Å². The highest BCUT2D eigenvalue weighted by Crippen LogP contribution is 2.35. The molecule has 0 bridgehead atoms. The van der Waals surface area contributed by atoms with E-state index in [1.54, 1.807) is 0 Å². The Hall–Kier alpha value is -1.55. The normalized spacial score (nSPS) is 26.0. The maximum Gasteiger partial charge on any atom is 0.323 e. The fraction of sp³-hybridized carbons (Fsp3) is 0.588. The molecule has 0 amide bonds. The summed E-state index contributed by atoms with van der Waals surface area (Å²) >= 11 is 0. The van der Waals surface area contributed by atoms with E-state index >= 15 is 0 Å². The van der Waals surface area contributed by atoms with Crippen molar-refractivity contribution >= 4 is 11.7 Å². The Labute approximate surface area is 126 Å². The highest BCUT2D eigenvalue weighted by atomic mass is 16.4. The lowest BCUT2D eigenvalue weighted by atomic mass is 10.1. The van der Waals surface area contributed by atoms with Crippen LogP contribution in [0.4, 0.5) is 5.69 Å². The molecule has 1 aromatic carbocycles. The maximum absolute atomic E-state index is 11.3. The summed E-state index contributed by atoms with van der Waals surface area (Å²) in [7, 11) is 0. The third-order valence-electron chi connectivity index (χ3n) is 4.73. The van der Waals surface area contributed by atoms with Gasteiger partial charge in [-0.1, -0.05) is 17.7 Å². The molecule has 1 aliphatic heterocycles. The number of hydrogen-bond donors (Lipinski definition) is 1. The van der Waals surface area contributed by atoms with Gasteiger partial charge in [-0.2, -0.15) is 0 Å². The van der Waals surface area contributed by atoms with Crippen molar-refractivity contribution in [3.8, 4) is 0 Å². The predicted molar refractivity (Wildman–Crippen MR) is 83.8 cm³/mol. The van der Waals surface area contributed by atoms with Gasteiger partial charge in [0.15, 0.2) is 0 Å². The van der Waals surface area contributed by atoms with Crippen molar-refractivity contribution in [3.05, 3.63) is 29.8 Å². The number of nitrogens with zero attached hydrogens (tertiary/aromatic N) is 2. The van der Waals surface area contributed by atoms with E-state index in [-0.39, 0.29) is 6.54 Å². The summed E-state index contributed by atoms with van der Waals surface area (Å²) in [6.45, 7) is 5.40. The Kier molecular flexibility index (Phi) is 3.89. The van der Waals surface area contributed by atoms with Crippen LogP contribution in [0.25, 0.3) is 0 Å². The molecule has 0 radical (unpaired) electrons. The predicted octanol–water partition coefficient (Wildman–Crippen LogP) is 2.51. The highest BCUT2D eigenvalue weighted by Gasteiger charge is 2.40. The molecule has 4 heteroatoms. The van der Waals surface area contributed by atoms with Gasteiger partial charge in [0.05, 0.1) is 0 Å². The number of rotatable bonds is 5. The summed E-state index contributed by atoms with van der Waals surface area (Å²) in [6, 6.07) is 9.81. The number of anilines is 1. The third-order valence-corrected chi connectivity index (χ3v) is 4.73. The summed E-state index contributed by atoms with van der Waals surface area (Å²) in [4.78, 5) is 15.9. The summed E-state index contributed by atoms with van der Waals surface area (Å²) in [5.41, 5.74) is 2.23. The Morgan fingerprint density at radius 3 is 2.57 bits per heavy atom. The smallest absolute Gasteiger partial charge is 0.323 e. The average Bonchev–Trinajstić information content (AvgIpc) is 3.20. The van der Waals surface area contributed by atoms with E-state index in [1.165, 1.54) is 18.4 Å². The van der Waals surface area contributed by atoms with Crippen molar-refractivity contribution < 1.29 is 9.90 Å². The molecule has 2 aliphatic rings. The molecule has 0 spiro atoms. The zero-order valence-corrected chi connectivity index (χ0v) is 12.8. The molecule has 3 rings (SSSR count). The Morgan fingerprint density at radius 2 is 2.00 bits per heavy atom. The van der Waals surface area contributed by atoms with E-state index in [1.807, 2.05) is 12.1 Å². The monoisotopic (exact) mass is 288 g/mol. The van der Waals surface area contributed by atoms with Crippen LogP contribution >= 0.6 is 0 Å². The van der Waals surface area contributed by atoms with Crippen molar-refractivity contribution in [2.24, 2.45) is 0 Å². The molecule has 1 saturated heterocycles. The van der Waals surface area contributed by atoms with Crippen LogP contribution in [0.3, 0.4) is 0 Å². The summed E-state index contributed by atoms with van der Waals surface area (Å²) in [5, 5.41) is 9.26. The van der Waals surface area contributed by atoms with Gasteiger partial charge < -0.3 is 10.0 Å². The molecule has 0 aromatic heterocycles. The van der Waals surface area contributed by atoms with Crippen molar-refractivity contribution in [2.75, 3.05) is 18.0 Å². The van der Waals surface area contributed by atoms with Gasteiger partial charge in [0.25, 0.3) is 0 Å². The lowest BCUT2D eigenvalue weighted by Crippen LogP contribution is -2.41. The van der Waals surface area contributed by atoms with Crippen LogP contribution in [0.5, 0.6) is 0 Å². The van der Waals surface area contributed by atoms with Gasteiger partial charge in [-0.25, -0.2) is 0 Å². The Morgan fingerprint density at radius 1 is 1.33 bits per heavy atom. The maximum atomic E-state index is 11.3. The third kappa shape index (κ3) is 3.21. The first-order chi connectivity index (χ1) is 10.0. The van der Waals surface area contributed by atoms with E-state index < -0.39 is 5.97 Å². The van der Waals surface area contributed by atoms with Gasteiger partial charge in [0.2, 0.25) is 0 Å². The second-order valence-corrected chi connectivity index (χ2v) is 6.52. The molecule has 1 heterocycles. The van der Waals surface area contributed by atoms with Crippen molar-refractivity contribution in [2.45, 2.75) is 51.2 Å². The first-order valence-corrected chi connectivity index (χ1v) is 7.85. The Balaban J connectivity index is 1.79. The van der Waals surface area contributed by atoms with Crippen LogP contribution < -0.4 is 4.90 Å². The van der Waals surface area contributed by atoms with E-state index in [0.717, 1.165) is 24.7 Å². The fourth-order valence-corrected chi connectivity index (χ4v) is 3.48. The fourth-order valence-electron chi connectivity index (χ4n) is 3.48. The first-order valence-electron chi connectivity index (χ1n) is 7.85. The van der Waals surface area contributed by atoms with Crippen LogP contribution in [0, 0.1) is 6.92 Å². The molecule has 2 fully saturated rings. The second kappa shape index (κ2) is 5.68. The minimum Gasteiger partial charge on any atom is -0.480 e. The number of likely N-dealkylation sites (tertiary alicyclic amines) is 1. The standard InChI is InChI=1S/C17H24N2O2/c1-12-3-5-15(6-4-12)19(11-17(20)21)16-9-13(2)18(10-16)14-7-8-14/h3-6,13-14,16H,7-11H2,1-2H3,(H,20,21). The Bertz CT molecular complexity index is 510. The number of benzene rings is 1. The van der Waals surface area contributed by atoms with Crippen LogP contribution in [0.2, 0.25) is 0 Å². The molecule has 1 aromatic rings. The summed E-state index contributed by atoms with van der Waals surface area (Å²) < 4.78 is 0. The number of carboxylic acids is 1. The van der Waals surface area contributed by atoms with E-state index in [2.05, 4.69) is 35.8 Å². The van der Waals surface area contributed by atoms with E-state index in [4.69, 9.17) is 0 Å². The molecule has 114 valence electrons. The topological polar surface area (TPSA) is 43.8 Å². The zero-order chi connectivity index (χ0) is 15.0. The molecule has 1 aliphatic carbocycles. The molecule has 1 N–H and O–H groups in total. The van der Waals surface area contributed by atoms with Gasteiger partial charge in [0.1, 0.15) is 6.54 Å². The molecule has 21 heavy (non-hydrogen) atoms. The number of hydrogen-bond acceptors (Lipinski definition) is 3. The zero-order valence-electron chi connectivity index (χ0n) is 12.8. The molecular weight excluding hydrogens is 264 g/mol. The number of carboxylic acid groups (broad SMARTS) is 1. The van der Waals surface area contributed by atoms with Gasteiger partial charge >= 0.3 is 5.97 Å². The van der Waals surface area contributed by atoms with Crippen molar-refractivity contribution in [1.82, 2.24) is 4.90 Å². The van der Waals surface area contributed by atoms with Crippen molar-refractivity contribution in [1.29, 1.82) is 0 Å². The first kappa shape index (κ1) is 14.4. The van der Waals surface area contributed by atoms with Gasteiger partial charge in [0, 0.05) is 30.4 Å². The van der Waals surface area contributed by atoms with Gasteiger partial charge in [-0.15, -0.1) is 0 Å². The lowest BCUT2D eigenvalue weighted by Gasteiger charge is -2.30. The number of aryl methyl sites for hydroxylation is 1. The minimum atomic E-state index is -0.756. The minimum absolute atomic E-state index is 0.0823. The average molecular weight is 288 g/mol. The summed E-state index contributed by atoms with van der Waals surface area (Å²) in [5.74, 6) is -0.756. The molecule has 4 nitrogen and oxygen atoms in total. The lowest BCUT2D eigenvalue weighted by molar-refractivity contribution is -0.135. The van der Waals surface area contributed by atoms with Crippen LogP contribution in [-0.4, -0.2) is 47.2 Å². The second-order valence-electron chi connectivity index (χ2n) is 6.52.